The van der Waals surface area contributed by atoms with Crippen LogP contribution in [0.2, 0.25) is 15.1 Å². The Balaban J connectivity index is 2.36. The smallest absolute Gasteiger partial charge is 0.328 e. The zero-order valence-electron chi connectivity index (χ0n) is 20.3. The first-order valence-electron chi connectivity index (χ1n) is 10.7. The van der Waals surface area contributed by atoms with Gasteiger partial charge in [-0.3, -0.25) is 9.59 Å². The molecule has 0 aliphatic carbocycles. The normalized spacial score (nSPS) is 12.2. The summed E-state index contributed by atoms with van der Waals surface area (Å²) in [5, 5.41) is 15.4. The summed E-state index contributed by atoms with van der Waals surface area (Å²) in [6.45, 7) is 2.52. The van der Waals surface area contributed by atoms with Crippen LogP contribution < -0.4 is 15.4 Å². The van der Waals surface area contributed by atoms with Gasteiger partial charge >= 0.3 is 11.9 Å². The van der Waals surface area contributed by atoms with Gasteiger partial charge < -0.3 is 30.0 Å². The Hall–Kier alpha value is -3.21. The van der Waals surface area contributed by atoms with Crippen LogP contribution in [0.4, 0.5) is 0 Å². The monoisotopic (exact) mass is 574 g/mol. The Morgan fingerprint density at radius 2 is 1.19 bits per heavy atom. The number of halogens is 3. The summed E-state index contributed by atoms with van der Waals surface area (Å²) < 4.78 is 15.2. The lowest BCUT2D eigenvalue weighted by Crippen LogP contribution is -2.42. The Morgan fingerprint density at radius 3 is 1.59 bits per heavy atom. The van der Waals surface area contributed by atoms with Crippen molar-refractivity contribution in [3.8, 4) is 17.2 Å². The highest BCUT2D eigenvalue weighted by Gasteiger charge is 2.24. The standard InChI is InChI=1S/C24H25Cl3N2O8/c1-11(30)28-18(23(33)35-3)8-13-6-16(26)22(17(27)7-13)37-20-10-14(5-15(25)21(20)32)9-19(24(34)36-4)29-12(2)31/h5-7,10,18-19,32H,8-9H2,1-4H3,(H,28,30)(H,29,31)/t18-,19-/m0/s1. The topological polar surface area (TPSA) is 140 Å². The first-order chi connectivity index (χ1) is 17.4. The average molecular weight is 576 g/mol. The van der Waals surface area contributed by atoms with Crippen LogP contribution in [0, 0.1) is 0 Å². The summed E-state index contributed by atoms with van der Waals surface area (Å²) in [6.07, 6.45) is 0.0255. The molecule has 200 valence electrons. The molecular weight excluding hydrogens is 551 g/mol. The van der Waals surface area contributed by atoms with Crippen molar-refractivity contribution in [2.24, 2.45) is 0 Å². The lowest BCUT2D eigenvalue weighted by Gasteiger charge is -2.18. The van der Waals surface area contributed by atoms with Crippen LogP contribution in [-0.2, 0) is 41.5 Å². The summed E-state index contributed by atoms with van der Waals surface area (Å²) in [6, 6.07) is 3.80. The second-order valence-corrected chi connectivity index (χ2v) is 9.10. The van der Waals surface area contributed by atoms with E-state index in [4.69, 9.17) is 49.0 Å². The molecule has 0 aliphatic rings. The summed E-state index contributed by atoms with van der Waals surface area (Å²) >= 11 is 18.9. The van der Waals surface area contributed by atoms with Gasteiger partial charge in [0.05, 0.1) is 29.3 Å². The number of benzene rings is 2. The number of methoxy groups -OCH3 is 2. The van der Waals surface area contributed by atoms with E-state index in [0.717, 1.165) is 0 Å². The van der Waals surface area contributed by atoms with Gasteiger partial charge in [0, 0.05) is 26.7 Å². The molecule has 0 fully saturated rings. The number of hydrogen-bond acceptors (Lipinski definition) is 8. The number of phenolic OH excluding ortho intramolecular Hbond substituents is 1. The third-order valence-corrected chi connectivity index (χ3v) is 5.81. The van der Waals surface area contributed by atoms with Crippen LogP contribution in [0.25, 0.3) is 0 Å². The molecule has 2 rings (SSSR count). The van der Waals surface area contributed by atoms with E-state index in [2.05, 4.69) is 10.6 Å². The fourth-order valence-corrected chi connectivity index (χ4v) is 4.24. The van der Waals surface area contributed by atoms with Crippen LogP contribution in [-0.4, -0.2) is 55.2 Å². The minimum absolute atomic E-state index is 0.0128. The van der Waals surface area contributed by atoms with Gasteiger partial charge in [-0.05, 0) is 35.4 Å². The highest BCUT2D eigenvalue weighted by Crippen LogP contribution is 2.43. The van der Waals surface area contributed by atoms with E-state index >= 15 is 0 Å². The lowest BCUT2D eigenvalue weighted by molar-refractivity contribution is -0.145. The predicted octanol–water partition coefficient (Wildman–Crippen LogP) is 3.59. The zero-order valence-corrected chi connectivity index (χ0v) is 22.6. The fraction of sp³-hybridized carbons (Fsp3) is 0.333. The molecule has 0 radical (unpaired) electrons. The van der Waals surface area contributed by atoms with Crippen molar-refractivity contribution in [3.05, 3.63) is 50.5 Å². The second-order valence-electron chi connectivity index (χ2n) is 7.88. The van der Waals surface area contributed by atoms with Gasteiger partial charge in [0.1, 0.15) is 12.1 Å². The van der Waals surface area contributed by atoms with Gasteiger partial charge in [-0.2, -0.15) is 0 Å². The molecule has 0 saturated carbocycles. The van der Waals surface area contributed by atoms with Crippen LogP contribution in [0.3, 0.4) is 0 Å². The number of carbonyl (C=O) groups excluding carboxylic acids is 4. The van der Waals surface area contributed by atoms with E-state index in [-0.39, 0.29) is 39.4 Å². The van der Waals surface area contributed by atoms with Crippen LogP contribution in [0.1, 0.15) is 25.0 Å². The highest BCUT2D eigenvalue weighted by atomic mass is 35.5. The molecule has 0 bridgehead atoms. The van der Waals surface area contributed by atoms with Crippen molar-refractivity contribution in [2.75, 3.05) is 14.2 Å². The number of nitrogens with one attached hydrogen (secondary N) is 2. The largest absolute Gasteiger partial charge is 0.503 e. The number of hydrogen-bond donors (Lipinski definition) is 3. The second kappa shape index (κ2) is 13.4. The van der Waals surface area contributed by atoms with Crippen LogP contribution in [0.5, 0.6) is 17.2 Å². The van der Waals surface area contributed by atoms with E-state index in [1.165, 1.54) is 52.3 Å². The maximum atomic E-state index is 12.1. The molecule has 10 nitrogen and oxygen atoms in total. The van der Waals surface area contributed by atoms with E-state index in [1.54, 1.807) is 0 Å². The predicted molar refractivity (Wildman–Crippen MR) is 136 cm³/mol. The minimum Gasteiger partial charge on any atom is -0.503 e. The van der Waals surface area contributed by atoms with Crippen LogP contribution >= 0.6 is 34.8 Å². The van der Waals surface area contributed by atoms with Crippen molar-refractivity contribution in [2.45, 2.75) is 38.8 Å². The fourth-order valence-electron chi connectivity index (χ4n) is 3.39. The first-order valence-corrected chi connectivity index (χ1v) is 11.9. The molecule has 0 aromatic heterocycles. The molecule has 37 heavy (non-hydrogen) atoms. The van der Waals surface area contributed by atoms with E-state index in [0.29, 0.717) is 11.1 Å². The molecular formula is C24H25Cl3N2O8. The molecule has 2 atom stereocenters. The molecule has 0 spiro atoms. The summed E-state index contributed by atoms with van der Waals surface area (Å²) in [5.74, 6) is -2.73. The maximum Gasteiger partial charge on any atom is 0.328 e. The molecule has 0 unspecified atom stereocenters. The summed E-state index contributed by atoms with van der Waals surface area (Å²) in [5.41, 5.74) is 0.931. The number of amides is 2. The minimum atomic E-state index is -1.01. The number of rotatable bonds is 10. The van der Waals surface area contributed by atoms with E-state index in [1.807, 2.05) is 0 Å². The number of esters is 2. The highest BCUT2D eigenvalue weighted by molar-refractivity contribution is 6.37. The molecule has 13 heteroatoms. The Labute approximate surface area is 228 Å². The van der Waals surface area contributed by atoms with Gasteiger partial charge in [0.25, 0.3) is 0 Å². The van der Waals surface area contributed by atoms with Crippen molar-refractivity contribution >= 4 is 58.6 Å². The Morgan fingerprint density at radius 1 is 0.784 bits per heavy atom. The lowest BCUT2D eigenvalue weighted by atomic mass is 10.0. The third kappa shape index (κ3) is 8.41. The summed E-state index contributed by atoms with van der Waals surface area (Å²) in [4.78, 5) is 47.0. The quantitative estimate of drug-likeness (QED) is 0.365. The summed E-state index contributed by atoms with van der Waals surface area (Å²) in [7, 11) is 2.38. The molecule has 0 saturated heterocycles. The number of carbonyl (C=O) groups is 4. The van der Waals surface area contributed by atoms with Gasteiger partial charge in [-0.15, -0.1) is 0 Å². The van der Waals surface area contributed by atoms with E-state index < -0.39 is 41.6 Å². The number of aromatic hydroxyl groups is 1. The Kier molecular flexibility index (Phi) is 10.8. The molecule has 3 N–H and O–H groups in total. The maximum absolute atomic E-state index is 12.1. The van der Waals surface area contributed by atoms with Crippen LogP contribution in [0.15, 0.2) is 24.3 Å². The molecule has 0 heterocycles. The van der Waals surface area contributed by atoms with Crippen molar-refractivity contribution in [3.63, 3.8) is 0 Å². The first kappa shape index (κ1) is 30.0. The van der Waals surface area contributed by atoms with E-state index in [9.17, 15) is 24.3 Å². The van der Waals surface area contributed by atoms with Gasteiger partial charge in [-0.25, -0.2) is 9.59 Å². The molecule has 2 aromatic carbocycles. The number of phenols is 1. The average Bonchev–Trinajstić information content (AvgIpc) is 2.81. The van der Waals surface area contributed by atoms with Gasteiger partial charge in [0.2, 0.25) is 11.8 Å². The SMILES string of the molecule is COC(=O)[C@H](Cc1cc(Cl)c(Oc2cc(C[C@H](NC(C)=O)C(=O)OC)cc(Cl)c2O)c(Cl)c1)NC(C)=O. The zero-order chi connectivity index (χ0) is 27.9. The number of ether oxygens (including phenoxy) is 3. The molecule has 0 aliphatic heterocycles. The molecule has 2 aromatic rings. The Bertz CT molecular complexity index is 1180. The third-order valence-electron chi connectivity index (χ3n) is 4.96. The van der Waals surface area contributed by atoms with Crippen molar-refractivity contribution < 1.29 is 38.5 Å². The van der Waals surface area contributed by atoms with Gasteiger partial charge in [-0.1, -0.05) is 34.8 Å². The van der Waals surface area contributed by atoms with Crippen molar-refractivity contribution in [1.29, 1.82) is 0 Å². The van der Waals surface area contributed by atoms with Gasteiger partial charge in [0.15, 0.2) is 17.2 Å². The molecule has 2 amide bonds. The van der Waals surface area contributed by atoms with Crippen molar-refractivity contribution in [1.82, 2.24) is 10.6 Å².